The zero-order chi connectivity index (χ0) is 14.2. The minimum absolute atomic E-state index is 0.451. The lowest BCUT2D eigenvalue weighted by Crippen LogP contribution is -2.35. The zero-order valence-corrected chi connectivity index (χ0v) is 13.0. The van der Waals surface area contributed by atoms with Crippen LogP contribution in [-0.2, 0) is 0 Å². The van der Waals surface area contributed by atoms with Crippen LogP contribution in [-0.4, -0.2) is 22.7 Å². The minimum atomic E-state index is 0.451. The van der Waals surface area contributed by atoms with Crippen molar-refractivity contribution in [2.75, 3.05) is 6.54 Å². The molecule has 1 aliphatic carbocycles. The Morgan fingerprint density at radius 3 is 2.60 bits per heavy atom. The summed E-state index contributed by atoms with van der Waals surface area (Å²) in [4.78, 5) is 4.73. The Morgan fingerprint density at radius 1 is 1.15 bits per heavy atom. The van der Waals surface area contributed by atoms with Crippen molar-refractivity contribution in [1.82, 2.24) is 15.5 Å². The van der Waals surface area contributed by atoms with E-state index in [1.165, 1.54) is 25.7 Å². The molecule has 1 N–H and O–H groups in total. The van der Waals surface area contributed by atoms with E-state index in [2.05, 4.69) is 31.2 Å². The molecule has 4 heteroatoms. The number of nitrogens with one attached hydrogen (secondary N) is 1. The van der Waals surface area contributed by atoms with Crippen molar-refractivity contribution in [1.29, 1.82) is 0 Å². The van der Waals surface area contributed by atoms with Crippen molar-refractivity contribution in [2.45, 2.75) is 77.2 Å². The summed E-state index contributed by atoms with van der Waals surface area (Å²) in [5.74, 6) is 2.80. The van der Waals surface area contributed by atoms with Crippen molar-refractivity contribution in [3.63, 3.8) is 0 Å². The van der Waals surface area contributed by atoms with Gasteiger partial charge in [-0.15, -0.1) is 0 Å². The second kappa shape index (κ2) is 5.47. The Morgan fingerprint density at radius 2 is 1.90 bits per heavy atom. The predicted octanol–water partition coefficient (Wildman–Crippen LogP) is 3.61. The Balaban J connectivity index is 1.65. The van der Waals surface area contributed by atoms with Gasteiger partial charge in [-0.25, -0.2) is 0 Å². The highest BCUT2D eigenvalue weighted by Gasteiger charge is 2.31. The van der Waals surface area contributed by atoms with Gasteiger partial charge in [0.1, 0.15) is 0 Å². The highest BCUT2D eigenvalue weighted by atomic mass is 16.5. The Kier molecular flexibility index (Phi) is 3.85. The van der Waals surface area contributed by atoms with E-state index in [1.54, 1.807) is 0 Å². The molecule has 1 aromatic rings. The normalized spacial score (nSPS) is 31.4. The summed E-state index contributed by atoms with van der Waals surface area (Å²) in [6, 6.07) is 0.555. The van der Waals surface area contributed by atoms with Crippen LogP contribution >= 0.6 is 0 Å². The molecule has 4 nitrogen and oxygen atoms in total. The molecule has 2 atom stereocenters. The van der Waals surface area contributed by atoms with E-state index in [9.17, 15) is 0 Å². The van der Waals surface area contributed by atoms with E-state index in [-0.39, 0.29) is 0 Å². The summed E-state index contributed by atoms with van der Waals surface area (Å²) in [7, 11) is 0. The average Bonchev–Trinajstić information content (AvgIpc) is 2.88. The van der Waals surface area contributed by atoms with Gasteiger partial charge in [-0.05, 0) is 57.4 Å². The van der Waals surface area contributed by atoms with Crippen molar-refractivity contribution in [3.8, 4) is 0 Å². The largest absolute Gasteiger partial charge is 0.339 e. The lowest BCUT2D eigenvalue weighted by molar-refractivity contribution is 0.218. The molecule has 2 fully saturated rings. The fourth-order valence-corrected chi connectivity index (χ4v) is 3.59. The lowest BCUT2D eigenvalue weighted by Gasteiger charge is -2.32. The van der Waals surface area contributed by atoms with Gasteiger partial charge in [-0.1, -0.05) is 19.0 Å². The first kappa shape index (κ1) is 14.1. The fraction of sp³-hybridized carbons (Fsp3) is 0.875. The van der Waals surface area contributed by atoms with E-state index in [1.807, 2.05) is 0 Å². The maximum Gasteiger partial charge on any atom is 0.229 e. The van der Waals surface area contributed by atoms with Crippen LogP contribution in [0.15, 0.2) is 4.52 Å². The molecule has 2 unspecified atom stereocenters. The summed E-state index contributed by atoms with van der Waals surface area (Å²) in [6.07, 6.45) is 7.17. The van der Waals surface area contributed by atoms with Gasteiger partial charge in [-0.2, -0.15) is 4.98 Å². The smallest absolute Gasteiger partial charge is 0.229 e. The number of hydrogen-bond acceptors (Lipinski definition) is 4. The molecule has 1 saturated carbocycles. The van der Waals surface area contributed by atoms with Crippen molar-refractivity contribution < 1.29 is 4.52 Å². The molecule has 0 radical (unpaired) electrons. The molecule has 2 aliphatic rings. The van der Waals surface area contributed by atoms with E-state index in [4.69, 9.17) is 9.51 Å². The van der Waals surface area contributed by atoms with Crippen LogP contribution in [0.5, 0.6) is 0 Å². The molecule has 3 rings (SSSR count). The summed E-state index contributed by atoms with van der Waals surface area (Å²) >= 11 is 0. The van der Waals surface area contributed by atoms with Gasteiger partial charge in [0.15, 0.2) is 5.82 Å². The van der Waals surface area contributed by atoms with Gasteiger partial charge in [-0.3, -0.25) is 0 Å². The third-order valence-corrected chi connectivity index (χ3v) is 5.13. The van der Waals surface area contributed by atoms with Crippen LogP contribution in [0.4, 0.5) is 0 Å². The van der Waals surface area contributed by atoms with Gasteiger partial charge in [0.05, 0.1) is 0 Å². The Labute approximate surface area is 121 Å². The zero-order valence-electron chi connectivity index (χ0n) is 13.0. The van der Waals surface area contributed by atoms with Crippen LogP contribution in [0.25, 0.3) is 0 Å². The molecule has 1 aromatic heterocycles. The first-order valence-corrected chi connectivity index (χ1v) is 8.10. The number of nitrogens with zero attached hydrogens (tertiary/aromatic N) is 2. The summed E-state index contributed by atoms with van der Waals surface area (Å²) in [5, 5.41) is 7.75. The van der Waals surface area contributed by atoms with Gasteiger partial charge in [0.25, 0.3) is 0 Å². The van der Waals surface area contributed by atoms with E-state index < -0.39 is 0 Å². The van der Waals surface area contributed by atoms with Crippen molar-refractivity contribution >= 4 is 0 Å². The van der Waals surface area contributed by atoms with Gasteiger partial charge in [0.2, 0.25) is 5.89 Å². The molecule has 112 valence electrons. The molecule has 0 amide bonds. The lowest BCUT2D eigenvalue weighted by atomic mass is 9.73. The molecule has 2 heterocycles. The molecular weight excluding hydrogens is 250 g/mol. The molecule has 1 saturated heterocycles. The molecule has 0 bridgehead atoms. The summed E-state index contributed by atoms with van der Waals surface area (Å²) < 4.78 is 5.57. The van der Waals surface area contributed by atoms with Crippen LogP contribution in [0, 0.1) is 5.41 Å². The fourth-order valence-electron chi connectivity index (χ4n) is 3.59. The van der Waals surface area contributed by atoms with Crippen molar-refractivity contribution in [3.05, 3.63) is 11.7 Å². The van der Waals surface area contributed by atoms with Crippen molar-refractivity contribution in [2.24, 2.45) is 5.41 Å². The standard InChI is InChI=1S/C16H27N3O/c1-11-10-13(6-9-17-11)15-18-14(19-20-15)12-4-7-16(2,3)8-5-12/h11-13,17H,4-10H2,1-3H3. The SMILES string of the molecule is CC1CC(c2nc(C3CCC(C)(C)CC3)no2)CCN1. The third-order valence-electron chi connectivity index (χ3n) is 5.13. The van der Waals surface area contributed by atoms with Gasteiger partial charge >= 0.3 is 0 Å². The highest BCUT2D eigenvalue weighted by Crippen LogP contribution is 2.41. The molecule has 0 spiro atoms. The molecule has 20 heavy (non-hydrogen) atoms. The number of hydrogen-bond donors (Lipinski definition) is 1. The minimum Gasteiger partial charge on any atom is -0.339 e. The van der Waals surface area contributed by atoms with E-state index in [0.717, 1.165) is 31.1 Å². The topological polar surface area (TPSA) is 51.0 Å². The second-order valence-corrected chi connectivity index (χ2v) is 7.51. The van der Waals surface area contributed by atoms with Crippen LogP contribution in [0.3, 0.4) is 0 Å². The first-order chi connectivity index (χ1) is 9.53. The van der Waals surface area contributed by atoms with Crippen LogP contribution in [0.2, 0.25) is 0 Å². The van der Waals surface area contributed by atoms with E-state index >= 15 is 0 Å². The van der Waals surface area contributed by atoms with Gasteiger partial charge in [0, 0.05) is 17.9 Å². The Hall–Kier alpha value is -0.900. The average molecular weight is 277 g/mol. The number of aromatic nitrogens is 2. The third kappa shape index (κ3) is 3.05. The monoisotopic (exact) mass is 277 g/mol. The van der Waals surface area contributed by atoms with Crippen LogP contribution in [0.1, 0.15) is 82.8 Å². The summed E-state index contributed by atoms with van der Waals surface area (Å²) in [5.41, 5.74) is 0.494. The Bertz CT molecular complexity index is 444. The number of rotatable bonds is 2. The first-order valence-electron chi connectivity index (χ1n) is 8.10. The quantitative estimate of drug-likeness (QED) is 0.897. The van der Waals surface area contributed by atoms with Crippen LogP contribution < -0.4 is 5.32 Å². The number of piperidine rings is 1. The maximum atomic E-state index is 5.57. The second-order valence-electron chi connectivity index (χ2n) is 7.51. The maximum absolute atomic E-state index is 5.57. The van der Waals surface area contributed by atoms with Gasteiger partial charge < -0.3 is 9.84 Å². The van der Waals surface area contributed by atoms with E-state index in [0.29, 0.717) is 23.3 Å². The predicted molar refractivity (Wildman–Crippen MR) is 78.7 cm³/mol. The molecule has 1 aliphatic heterocycles. The highest BCUT2D eigenvalue weighted by molar-refractivity contribution is 5.03. The molecule has 0 aromatic carbocycles. The molecular formula is C16H27N3O. The summed E-state index contributed by atoms with van der Waals surface area (Å²) in [6.45, 7) is 8.01.